The van der Waals surface area contributed by atoms with Gasteiger partial charge in [0.25, 0.3) is 10.8 Å². The van der Waals surface area contributed by atoms with Crippen LogP contribution in [0.1, 0.15) is 22.8 Å². The summed E-state index contributed by atoms with van der Waals surface area (Å²) in [5.41, 5.74) is 0.495. The number of thiophene rings is 1. The molecule has 4 rings (SSSR count). The monoisotopic (exact) mass is 407 g/mol. The lowest BCUT2D eigenvalue weighted by Crippen LogP contribution is -2.39. The first-order valence-electron chi connectivity index (χ1n) is 8.79. The first-order chi connectivity index (χ1) is 13.0. The third kappa shape index (κ3) is 3.37. The Kier molecular flexibility index (Phi) is 4.95. The lowest BCUT2D eigenvalue weighted by Gasteiger charge is -2.07. The van der Waals surface area contributed by atoms with Gasteiger partial charge in [0.05, 0.1) is 5.39 Å². The Bertz CT molecular complexity index is 1110. The Balaban J connectivity index is 1.66. The lowest BCUT2D eigenvalue weighted by atomic mass is 10.2. The summed E-state index contributed by atoms with van der Waals surface area (Å²) in [6, 6.07) is 0. The second-order valence-electron chi connectivity index (χ2n) is 6.88. The molecule has 0 N–H and O–H groups in total. The van der Waals surface area contributed by atoms with Gasteiger partial charge in [-0.25, -0.2) is 4.79 Å². The highest BCUT2D eigenvalue weighted by Crippen LogP contribution is 2.34. The second-order valence-corrected chi connectivity index (χ2v) is 9.01. The summed E-state index contributed by atoms with van der Waals surface area (Å²) in [6.45, 7) is 0.885. The van der Waals surface area contributed by atoms with E-state index < -0.39 is 0 Å². The van der Waals surface area contributed by atoms with Crippen LogP contribution in [0.3, 0.4) is 0 Å². The van der Waals surface area contributed by atoms with Gasteiger partial charge in [-0.05, 0) is 38.9 Å². The average Bonchev–Trinajstić information content (AvgIpc) is 3.32. The molecule has 8 nitrogen and oxygen atoms in total. The fourth-order valence-corrected chi connectivity index (χ4v) is 5.51. The van der Waals surface area contributed by atoms with Crippen LogP contribution in [0.25, 0.3) is 10.2 Å². The summed E-state index contributed by atoms with van der Waals surface area (Å²) >= 11 is 3.02. The minimum absolute atomic E-state index is 0.00664. The maximum Gasteiger partial charge on any atom is 0.332 e. The SMILES string of the molecule is CN(C)CCSc1nnc(Cn2c(=O)c3c4c(sc3n(C)c2=O)CCC4)o1. The molecule has 3 aromatic heterocycles. The fraction of sp³-hybridized carbons (Fsp3) is 0.529. The summed E-state index contributed by atoms with van der Waals surface area (Å²) in [6.07, 6.45) is 2.95. The van der Waals surface area contributed by atoms with E-state index in [4.69, 9.17) is 4.42 Å². The zero-order chi connectivity index (χ0) is 19.1. The summed E-state index contributed by atoms with van der Waals surface area (Å²) < 4.78 is 8.38. The van der Waals surface area contributed by atoms with Gasteiger partial charge >= 0.3 is 5.69 Å². The van der Waals surface area contributed by atoms with Gasteiger partial charge in [-0.15, -0.1) is 21.5 Å². The van der Waals surface area contributed by atoms with E-state index in [0.29, 0.717) is 10.6 Å². The number of hydrogen-bond donors (Lipinski definition) is 0. The molecular formula is C17H21N5O3S2. The van der Waals surface area contributed by atoms with Gasteiger partial charge in [0.1, 0.15) is 11.4 Å². The minimum Gasteiger partial charge on any atom is -0.414 e. The van der Waals surface area contributed by atoms with Crippen LogP contribution < -0.4 is 11.2 Å². The number of hydrogen-bond acceptors (Lipinski definition) is 8. The standard InChI is InChI=1S/C17H21N5O3S2/c1-20(2)7-8-26-16-19-18-12(25-16)9-22-14(23)13-10-5-4-6-11(10)27-15(13)21(3)17(22)24/h4-9H2,1-3H3. The van der Waals surface area contributed by atoms with E-state index in [2.05, 4.69) is 15.1 Å². The Morgan fingerprint density at radius 1 is 1.26 bits per heavy atom. The zero-order valence-corrected chi connectivity index (χ0v) is 17.2. The van der Waals surface area contributed by atoms with Crippen molar-refractivity contribution in [3.05, 3.63) is 37.2 Å². The van der Waals surface area contributed by atoms with Gasteiger partial charge in [-0.3, -0.25) is 13.9 Å². The molecule has 0 amide bonds. The molecule has 0 spiro atoms. The van der Waals surface area contributed by atoms with Crippen molar-refractivity contribution in [3.8, 4) is 0 Å². The van der Waals surface area contributed by atoms with Crippen molar-refractivity contribution in [2.24, 2.45) is 7.05 Å². The summed E-state index contributed by atoms with van der Waals surface area (Å²) in [5, 5.41) is 9.14. The average molecular weight is 408 g/mol. The number of thioether (sulfide) groups is 1. The molecule has 0 unspecified atom stereocenters. The molecule has 0 saturated carbocycles. The van der Waals surface area contributed by atoms with E-state index in [1.807, 2.05) is 14.1 Å². The van der Waals surface area contributed by atoms with Crippen LogP contribution in [0.15, 0.2) is 19.2 Å². The highest BCUT2D eigenvalue weighted by Gasteiger charge is 2.24. The highest BCUT2D eigenvalue weighted by atomic mass is 32.2. The number of aromatic nitrogens is 4. The molecule has 0 fully saturated rings. The van der Waals surface area contributed by atoms with Gasteiger partial charge in [0.15, 0.2) is 0 Å². The highest BCUT2D eigenvalue weighted by molar-refractivity contribution is 7.99. The Hall–Kier alpha value is -1.91. The molecule has 0 atom stereocenters. The molecule has 10 heteroatoms. The van der Waals surface area contributed by atoms with Crippen LogP contribution in [0.5, 0.6) is 0 Å². The van der Waals surface area contributed by atoms with E-state index in [1.54, 1.807) is 23.0 Å². The van der Waals surface area contributed by atoms with E-state index in [9.17, 15) is 9.59 Å². The van der Waals surface area contributed by atoms with Crippen LogP contribution in [-0.4, -0.2) is 50.6 Å². The maximum atomic E-state index is 13.0. The van der Waals surface area contributed by atoms with E-state index >= 15 is 0 Å². The third-order valence-electron chi connectivity index (χ3n) is 4.69. The van der Waals surface area contributed by atoms with Gasteiger partial charge in [-0.2, -0.15) is 0 Å². The summed E-state index contributed by atoms with van der Waals surface area (Å²) in [4.78, 5) is 29.8. The maximum absolute atomic E-state index is 13.0. The smallest absolute Gasteiger partial charge is 0.332 e. The topological polar surface area (TPSA) is 86.2 Å². The molecule has 0 radical (unpaired) electrons. The third-order valence-corrected chi connectivity index (χ3v) is 6.86. The van der Waals surface area contributed by atoms with Crippen molar-refractivity contribution in [3.63, 3.8) is 0 Å². The van der Waals surface area contributed by atoms with Gasteiger partial charge in [-0.1, -0.05) is 11.8 Å². The predicted molar refractivity (Wildman–Crippen MR) is 106 cm³/mol. The molecule has 1 aliphatic rings. The number of rotatable bonds is 6. The minimum atomic E-state index is -0.354. The van der Waals surface area contributed by atoms with Gasteiger partial charge in [0, 0.05) is 24.2 Å². The van der Waals surface area contributed by atoms with Crippen molar-refractivity contribution in [1.82, 2.24) is 24.2 Å². The zero-order valence-electron chi connectivity index (χ0n) is 15.5. The van der Waals surface area contributed by atoms with Crippen LogP contribution in [0.4, 0.5) is 0 Å². The van der Waals surface area contributed by atoms with Crippen molar-refractivity contribution in [1.29, 1.82) is 0 Å². The van der Waals surface area contributed by atoms with Crippen LogP contribution in [0, 0.1) is 0 Å². The number of nitrogens with zero attached hydrogens (tertiary/aromatic N) is 5. The molecule has 0 aromatic carbocycles. The molecule has 0 saturated heterocycles. The molecule has 3 heterocycles. The first kappa shape index (κ1) is 18.5. The first-order valence-corrected chi connectivity index (χ1v) is 10.6. The van der Waals surface area contributed by atoms with Crippen molar-refractivity contribution < 1.29 is 4.42 Å². The molecular weight excluding hydrogens is 386 g/mol. The molecule has 3 aromatic rings. The summed E-state index contributed by atoms with van der Waals surface area (Å²) in [7, 11) is 5.71. The Labute approximate surface area is 163 Å². The van der Waals surface area contributed by atoms with Crippen LogP contribution in [0.2, 0.25) is 0 Å². The van der Waals surface area contributed by atoms with Crippen LogP contribution >= 0.6 is 23.1 Å². The second kappa shape index (κ2) is 7.25. The van der Waals surface area contributed by atoms with E-state index in [1.165, 1.54) is 21.2 Å². The van der Waals surface area contributed by atoms with E-state index in [0.717, 1.165) is 42.0 Å². The fourth-order valence-electron chi connectivity index (χ4n) is 3.29. The van der Waals surface area contributed by atoms with Gasteiger partial charge < -0.3 is 9.32 Å². The molecule has 144 valence electrons. The molecule has 0 aliphatic heterocycles. The molecule has 0 bridgehead atoms. The number of fused-ring (bicyclic) bond motifs is 3. The molecule has 27 heavy (non-hydrogen) atoms. The van der Waals surface area contributed by atoms with Crippen molar-refractivity contribution in [2.45, 2.75) is 31.0 Å². The normalized spacial score (nSPS) is 13.8. The predicted octanol–water partition coefficient (Wildman–Crippen LogP) is 1.34. The largest absolute Gasteiger partial charge is 0.414 e. The molecule has 1 aliphatic carbocycles. The van der Waals surface area contributed by atoms with Crippen LogP contribution in [-0.2, 0) is 26.4 Å². The number of aryl methyl sites for hydroxylation is 3. The van der Waals surface area contributed by atoms with E-state index in [-0.39, 0.29) is 23.7 Å². The quantitative estimate of drug-likeness (QED) is 0.570. The van der Waals surface area contributed by atoms with Crippen molar-refractivity contribution in [2.75, 3.05) is 26.4 Å². The Morgan fingerprint density at radius 3 is 2.85 bits per heavy atom. The van der Waals surface area contributed by atoms with Crippen molar-refractivity contribution >= 4 is 33.3 Å². The Morgan fingerprint density at radius 2 is 2.07 bits per heavy atom. The summed E-state index contributed by atoms with van der Waals surface area (Å²) in [5.74, 6) is 1.09. The lowest BCUT2D eigenvalue weighted by molar-refractivity contribution is 0.397. The van der Waals surface area contributed by atoms with Gasteiger partial charge in [0.2, 0.25) is 5.89 Å².